The number of nitrogens with one attached hydrogen (secondary N) is 1. The van der Waals surface area contributed by atoms with Gasteiger partial charge in [-0.3, -0.25) is 9.59 Å². The van der Waals surface area contributed by atoms with Crippen molar-refractivity contribution in [1.29, 1.82) is 0 Å². The summed E-state index contributed by atoms with van der Waals surface area (Å²) in [5.74, 6) is 0.793. The van der Waals surface area contributed by atoms with E-state index >= 15 is 0 Å². The van der Waals surface area contributed by atoms with Crippen LogP contribution in [0.3, 0.4) is 0 Å². The molecule has 1 aliphatic rings. The fourth-order valence-electron chi connectivity index (χ4n) is 3.12. The van der Waals surface area contributed by atoms with E-state index in [2.05, 4.69) is 5.32 Å². The zero-order valence-electron chi connectivity index (χ0n) is 15.4. The van der Waals surface area contributed by atoms with Crippen LogP contribution in [0.15, 0.2) is 30.3 Å². The van der Waals surface area contributed by atoms with Gasteiger partial charge in [-0.15, -0.1) is 11.3 Å². The van der Waals surface area contributed by atoms with Crippen molar-refractivity contribution in [2.75, 3.05) is 26.0 Å². The van der Waals surface area contributed by atoms with E-state index in [1.54, 1.807) is 30.3 Å². The van der Waals surface area contributed by atoms with Crippen molar-refractivity contribution in [1.82, 2.24) is 4.90 Å². The molecule has 1 N–H and O–H groups in total. The molecule has 1 atom stereocenters. The smallest absolute Gasteiger partial charge is 0.263 e. The van der Waals surface area contributed by atoms with Crippen LogP contribution in [-0.2, 0) is 17.6 Å². The molecule has 1 aliphatic carbocycles. The van der Waals surface area contributed by atoms with Crippen LogP contribution >= 0.6 is 11.3 Å². The maximum atomic E-state index is 12.6. The molecule has 0 saturated carbocycles. The van der Waals surface area contributed by atoms with Crippen LogP contribution in [0, 0.1) is 5.92 Å². The molecule has 0 bridgehead atoms. The first-order chi connectivity index (χ1) is 12.5. The third-order valence-corrected chi connectivity index (χ3v) is 5.73. The zero-order valence-corrected chi connectivity index (χ0v) is 16.2. The molecule has 1 aromatic heterocycles. The van der Waals surface area contributed by atoms with Crippen molar-refractivity contribution in [2.45, 2.75) is 26.2 Å². The Kier molecular flexibility index (Phi) is 5.61. The molecule has 1 heterocycles. The van der Waals surface area contributed by atoms with Gasteiger partial charge in [0.1, 0.15) is 5.75 Å². The minimum absolute atomic E-state index is 0.0276. The summed E-state index contributed by atoms with van der Waals surface area (Å²) in [6, 6.07) is 9.38. The molecule has 26 heavy (non-hydrogen) atoms. The van der Waals surface area contributed by atoms with Crippen LogP contribution in [0.4, 0.5) is 5.69 Å². The Hall–Kier alpha value is -2.34. The standard InChI is InChI=1S/C20H24N2O3S/c1-4-25-16-8-6-15(7-9-16)21-19(23)13-5-10-17-14(11-13)12-18(26-17)20(24)22(2)3/h6-9,12-13H,4-5,10-11H2,1-3H3,(H,21,23)/t13-/m1/s1. The first-order valence-electron chi connectivity index (χ1n) is 8.85. The second kappa shape index (κ2) is 7.91. The predicted molar refractivity (Wildman–Crippen MR) is 104 cm³/mol. The quantitative estimate of drug-likeness (QED) is 0.872. The number of amides is 2. The number of carbonyl (C=O) groups excluding carboxylic acids is 2. The van der Waals surface area contributed by atoms with Crippen molar-refractivity contribution < 1.29 is 14.3 Å². The molecular formula is C20H24N2O3S. The summed E-state index contributed by atoms with van der Waals surface area (Å²) in [6.45, 7) is 2.56. The predicted octanol–water partition coefficient (Wildman–Crippen LogP) is 3.59. The van der Waals surface area contributed by atoms with Gasteiger partial charge in [0.2, 0.25) is 5.91 Å². The second-order valence-electron chi connectivity index (χ2n) is 6.65. The third kappa shape index (κ3) is 4.07. The van der Waals surface area contributed by atoms with Crippen molar-refractivity contribution in [2.24, 2.45) is 5.92 Å². The van der Waals surface area contributed by atoms with Gasteiger partial charge in [0.15, 0.2) is 0 Å². The summed E-state index contributed by atoms with van der Waals surface area (Å²) < 4.78 is 5.42. The van der Waals surface area contributed by atoms with Gasteiger partial charge in [-0.1, -0.05) is 0 Å². The van der Waals surface area contributed by atoms with E-state index in [1.165, 1.54) is 4.88 Å². The highest BCUT2D eigenvalue weighted by atomic mass is 32.1. The van der Waals surface area contributed by atoms with E-state index in [1.807, 2.05) is 37.3 Å². The molecule has 0 spiro atoms. The number of hydrogen-bond donors (Lipinski definition) is 1. The number of nitrogens with zero attached hydrogens (tertiary/aromatic N) is 1. The molecule has 2 aromatic rings. The molecular weight excluding hydrogens is 348 g/mol. The maximum absolute atomic E-state index is 12.6. The Morgan fingerprint density at radius 2 is 2.00 bits per heavy atom. The average molecular weight is 372 g/mol. The maximum Gasteiger partial charge on any atom is 0.263 e. The average Bonchev–Trinajstić information content (AvgIpc) is 3.05. The number of anilines is 1. The van der Waals surface area contributed by atoms with Crippen LogP contribution in [0.25, 0.3) is 0 Å². The highest BCUT2D eigenvalue weighted by Crippen LogP contribution is 2.33. The van der Waals surface area contributed by atoms with Gasteiger partial charge < -0.3 is 15.0 Å². The van der Waals surface area contributed by atoms with Gasteiger partial charge in [-0.05, 0) is 62.1 Å². The zero-order chi connectivity index (χ0) is 18.7. The molecule has 138 valence electrons. The Labute approximate surface area is 158 Å². The lowest BCUT2D eigenvalue weighted by Crippen LogP contribution is -2.27. The molecule has 6 heteroatoms. The number of carbonyl (C=O) groups is 2. The van der Waals surface area contributed by atoms with Gasteiger partial charge in [-0.25, -0.2) is 0 Å². The number of fused-ring (bicyclic) bond motifs is 1. The number of thiophene rings is 1. The SMILES string of the molecule is CCOc1ccc(NC(=O)[C@@H]2CCc3sc(C(=O)N(C)C)cc3C2)cc1. The topological polar surface area (TPSA) is 58.6 Å². The Morgan fingerprint density at radius 3 is 2.65 bits per heavy atom. The molecule has 0 aliphatic heterocycles. The van der Waals surface area contributed by atoms with E-state index in [0.29, 0.717) is 13.0 Å². The summed E-state index contributed by atoms with van der Waals surface area (Å²) >= 11 is 1.56. The van der Waals surface area contributed by atoms with Crippen LogP contribution in [0.2, 0.25) is 0 Å². The number of aryl methyl sites for hydroxylation is 1. The lowest BCUT2D eigenvalue weighted by molar-refractivity contribution is -0.120. The normalized spacial score (nSPS) is 15.9. The Bertz CT molecular complexity index is 796. The van der Waals surface area contributed by atoms with E-state index in [4.69, 9.17) is 4.74 Å². The second-order valence-corrected chi connectivity index (χ2v) is 7.78. The summed E-state index contributed by atoms with van der Waals surface area (Å²) in [5, 5.41) is 2.99. The highest BCUT2D eigenvalue weighted by Gasteiger charge is 2.27. The van der Waals surface area contributed by atoms with Gasteiger partial charge in [0, 0.05) is 30.6 Å². The van der Waals surface area contributed by atoms with E-state index in [9.17, 15) is 9.59 Å². The first kappa shape index (κ1) is 18.5. The number of benzene rings is 1. The molecule has 0 unspecified atom stereocenters. The van der Waals surface area contributed by atoms with E-state index in [0.717, 1.165) is 34.7 Å². The largest absolute Gasteiger partial charge is 0.494 e. The Balaban J connectivity index is 1.64. The van der Waals surface area contributed by atoms with Crippen LogP contribution < -0.4 is 10.1 Å². The third-order valence-electron chi connectivity index (χ3n) is 4.50. The van der Waals surface area contributed by atoms with Crippen LogP contribution in [0.5, 0.6) is 5.75 Å². The lowest BCUT2D eigenvalue weighted by atomic mass is 9.87. The monoisotopic (exact) mass is 372 g/mol. The fourth-order valence-corrected chi connectivity index (χ4v) is 4.35. The van der Waals surface area contributed by atoms with Gasteiger partial charge in [0.25, 0.3) is 5.91 Å². The van der Waals surface area contributed by atoms with E-state index < -0.39 is 0 Å². The van der Waals surface area contributed by atoms with Gasteiger partial charge >= 0.3 is 0 Å². The molecule has 5 nitrogen and oxygen atoms in total. The van der Waals surface area contributed by atoms with Crippen molar-refractivity contribution >= 4 is 28.8 Å². The molecule has 0 fully saturated rings. The number of hydrogen-bond acceptors (Lipinski definition) is 4. The summed E-state index contributed by atoms with van der Waals surface area (Å²) in [6.07, 6.45) is 2.35. The van der Waals surface area contributed by atoms with Crippen LogP contribution in [0.1, 0.15) is 33.5 Å². The first-order valence-corrected chi connectivity index (χ1v) is 9.66. The summed E-state index contributed by atoms with van der Waals surface area (Å²) in [5.41, 5.74) is 1.91. The Morgan fingerprint density at radius 1 is 1.27 bits per heavy atom. The lowest BCUT2D eigenvalue weighted by Gasteiger charge is -2.21. The molecule has 0 saturated heterocycles. The fraction of sp³-hybridized carbons (Fsp3) is 0.400. The molecule has 3 rings (SSSR count). The summed E-state index contributed by atoms with van der Waals surface area (Å²) in [7, 11) is 3.52. The molecule has 1 aromatic carbocycles. The molecule has 0 radical (unpaired) electrons. The molecule has 2 amide bonds. The highest BCUT2D eigenvalue weighted by molar-refractivity contribution is 7.14. The van der Waals surface area contributed by atoms with Crippen LogP contribution in [-0.4, -0.2) is 37.4 Å². The van der Waals surface area contributed by atoms with Crippen molar-refractivity contribution in [3.8, 4) is 5.75 Å². The summed E-state index contributed by atoms with van der Waals surface area (Å²) in [4.78, 5) is 28.3. The number of rotatable bonds is 5. The van der Waals surface area contributed by atoms with Gasteiger partial charge in [-0.2, -0.15) is 0 Å². The minimum atomic E-state index is -0.0639. The van der Waals surface area contributed by atoms with Gasteiger partial charge in [0.05, 0.1) is 11.5 Å². The van der Waals surface area contributed by atoms with Crippen molar-refractivity contribution in [3.63, 3.8) is 0 Å². The van der Waals surface area contributed by atoms with Crippen molar-refractivity contribution in [3.05, 3.63) is 45.6 Å². The minimum Gasteiger partial charge on any atom is -0.494 e. The van der Waals surface area contributed by atoms with E-state index in [-0.39, 0.29) is 17.7 Å². The number of ether oxygens (including phenoxy) is 1.